The van der Waals surface area contributed by atoms with Gasteiger partial charge >= 0.3 is 0 Å². The highest BCUT2D eigenvalue weighted by atomic mass is 35.5. The van der Waals surface area contributed by atoms with Crippen LogP contribution in [0, 0.1) is 0 Å². The summed E-state index contributed by atoms with van der Waals surface area (Å²) in [6.07, 6.45) is 6.16. The minimum Gasteiger partial charge on any atom is -0.331 e. The summed E-state index contributed by atoms with van der Waals surface area (Å²) < 4.78 is 54.4. The van der Waals surface area contributed by atoms with E-state index >= 15 is 0 Å². The van der Waals surface area contributed by atoms with Gasteiger partial charge in [-0.25, -0.2) is 21.6 Å². The van der Waals surface area contributed by atoms with Crippen molar-refractivity contribution in [3.05, 3.63) is 118 Å². The number of ketones is 1. The number of allylic oxidation sites excluding steroid dienone is 4. The average molecular weight is 638 g/mol. The topological polar surface area (TPSA) is 145 Å². The lowest BCUT2D eigenvalue weighted by molar-refractivity contribution is -0.113. The number of aromatic nitrogens is 1. The average Bonchev–Trinajstić information content (AvgIpc) is 3.25. The molecule has 1 heterocycles. The van der Waals surface area contributed by atoms with Gasteiger partial charge in [-0.2, -0.15) is 0 Å². The van der Waals surface area contributed by atoms with Crippen LogP contribution in [-0.4, -0.2) is 39.3 Å². The van der Waals surface area contributed by atoms with E-state index in [4.69, 9.17) is 17.3 Å². The third-order valence-electron chi connectivity index (χ3n) is 7.04. The highest BCUT2D eigenvalue weighted by Crippen LogP contribution is 2.36. The van der Waals surface area contributed by atoms with Gasteiger partial charge in [-0.05, 0) is 47.0 Å². The largest absolute Gasteiger partial charge is 0.331 e. The number of sulfone groups is 1. The molecule has 0 unspecified atom stereocenters. The van der Waals surface area contributed by atoms with Crippen LogP contribution < -0.4 is 10.5 Å². The van der Waals surface area contributed by atoms with E-state index < -0.39 is 25.8 Å². The maximum atomic E-state index is 14.1. The monoisotopic (exact) mass is 637 g/mol. The molecule has 5 rings (SSSR count). The van der Waals surface area contributed by atoms with Crippen LogP contribution >= 0.6 is 11.6 Å². The Morgan fingerprint density at radius 3 is 2.44 bits per heavy atom. The van der Waals surface area contributed by atoms with Gasteiger partial charge in [0.15, 0.2) is 15.6 Å². The Morgan fingerprint density at radius 2 is 1.74 bits per heavy atom. The zero-order valence-electron chi connectivity index (χ0n) is 23.1. The normalized spacial score (nSPS) is 13.7. The quantitative estimate of drug-likeness (QED) is 0.277. The molecule has 3 aromatic carbocycles. The zero-order valence-corrected chi connectivity index (χ0v) is 25.5. The molecular weight excluding hydrogens is 610 g/mol. The fraction of sp³-hybridized carbons (Fsp3) is 0.161. The molecule has 1 amide bonds. The van der Waals surface area contributed by atoms with E-state index in [1.807, 2.05) is 24.3 Å². The minimum absolute atomic E-state index is 0.0464. The third kappa shape index (κ3) is 6.50. The maximum Gasteiger partial charge on any atom is 0.282 e. The van der Waals surface area contributed by atoms with E-state index in [-0.39, 0.29) is 58.3 Å². The van der Waals surface area contributed by atoms with Gasteiger partial charge in [0.05, 0.1) is 10.6 Å². The summed E-state index contributed by atoms with van der Waals surface area (Å²) in [5, 5.41) is 0.875. The highest BCUT2D eigenvalue weighted by molar-refractivity contribution is 7.90. The van der Waals surface area contributed by atoms with Crippen molar-refractivity contribution in [3.63, 3.8) is 0 Å². The Hall–Kier alpha value is -4.03. The summed E-state index contributed by atoms with van der Waals surface area (Å²) in [5.74, 6) is -1.58. The lowest BCUT2D eigenvalue weighted by Crippen LogP contribution is -2.33. The second-order valence-electron chi connectivity index (χ2n) is 10.2. The summed E-state index contributed by atoms with van der Waals surface area (Å²) in [6, 6.07) is 17.8. The molecule has 222 valence electrons. The maximum absolute atomic E-state index is 14.1. The molecule has 0 saturated carbocycles. The van der Waals surface area contributed by atoms with Gasteiger partial charge in [-0.3, -0.25) is 9.59 Å². The van der Waals surface area contributed by atoms with Gasteiger partial charge in [0.25, 0.3) is 15.9 Å². The molecule has 0 atom stereocenters. The number of nitrogens with zero attached hydrogens (tertiary/aromatic N) is 1. The van der Waals surface area contributed by atoms with Crippen molar-refractivity contribution in [1.29, 1.82) is 0 Å². The van der Waals surface area contributed by atoms with Crippen molar-refractivity contribution in [2.45, 2.75) is 30.2 Å². The zero-order chi connectivity index (χ0) is 30.9. The Morgan fingerprint density at radius 1 is 1.00 bits per heavy atom. The molecular formula is C31H28ClN3O6S2. The predicted molar refractivity (Wildman–Crippen MR) is 167 cm³/mol. The molecule has 9 nitrogen and oxygen atoms in total. The Labute approximate surface area is 254 Å². The van der Waals surface area contributed by atoms with Crippen molar-refractivity contribution in [1.82, 2.24) is 9.29 Å². The summed E-state index contributed by atoms with van der Waals surface area (Å²) in [5.41, 5.74) is 8.90. The van der Waals surface area contributed by atoms with Crippen molar-refractivity contribution in [2.24, 2.45) is 5.73 Å². The van der Waals surface area contributed by atoms with E-state index in [0.717, 1.165) is 17.4 Å². The molecule has 12 heteroatoms. The third-order valence-corrected chi connectivity index (χ3v) is 9.47. The number of nitrogens with two attached hydrogens (primary N) is 1. The van der Waals surface area contributed by atoms with Crippen LogP contribution in [0.25, 0.3) is 16.5 Å². The van der Waals surface area contributed by atoms with Gasteiger partial charge in [0, 0.05) is 52.8 Å². The Balaban J connectivity index is 1.70. The van der Waals surface area contributed by atoms with Crippen LogP contribution in [0.4, 0.5) is 0 Å². The molecule has 1 aliphatic rings. The molecule has 0 aliphatic heterocycles. The molecule has 3 N–H and O–H groups in total. The number of Topliss-reactive ketones (excluding diaryl/α,β-unsaturated/α-hetero) is 1. The first-order valence-corrected chi connectivity index (χ1v) is 17.1. The molecule has 0 radical (unpaired) electrons. The van der Waals surface area contributed by atoms with Crippen molar-refractivity contribution in [3.8, 4) is 0 Å². The summed E-state index contributed by atoms with van der Waals surface area (Å²) in [6.45, 7) is 0.387. The van der Waals surface area contributed by atoms with Crippen LogP contribution in [0.2, 0.25) is 5.02 Å². The first-order chi connectivity index (χ1) is 20.4. The standard InChI is InChI=1S/C31H28ClN3O6S2/c1-42(38,39)19-20-7-6-10-24(15-20)43(40,41)34-31(37)30-29(25-11-4-5-12-28(25)36)26-16-23(32)13-14-27(26)35(30)18-22-9-3-2-8-21(22)17-33/h2-11,13-16H,12,17-19,33H2,1H3,(H,34,37). The van der Waals surface area contributed by atoms with Crippen LogP contribution in [0.1, 0.15) is 39.2 Å². The lowest BCUT2D eigenvalue weighted by Gasteiger charge is -2.16. The van der Waals surface area contributed by atoms with Crippen molar-refractivity contribution < 1.29 is 26.4 Å². The van der Waals surface area contributed by atoms with Crippen LogP contribution in [-0.2, 0) is 43.5 Å². The molecule has 0 saturated heterocycles. The fourth-order valence-electron chi connectivity index (χ4n) is 5.18. The second kappa shape index (κ2) is 11.9. The van der Waals surface area contributed by atoms with Crippen LogP contribution in [0.3, 0.4) is 0 Å². The van der Waals surface area contributed by atoms with E-state index in [0.29, 0.717) is 15.9 Å². The number of rotatable bonds is 9. The number of benzene rings is 3. The first kappa shape index (κ1) is 30.4. The molecule has 1 aliphatic carbocycles. The summed E-state index contributed by atoms with van der Waals surface area (Å²) in [7, 11) is -7.90. The van der Waals surface area contributed by atoms with Gasteiger partial charge in [-0.1, -0.05) is 66.2 Å². The number of fused-ring (bicyclic) bond motifs is 1. The lowest BCUT2D eigenvalue weighted by atomic mass is 9.93. The number of carbonyl (C=O) groups excluding carboxylic acids is 2. The molecule has 0 bridgehead atoms. The van der Waals surface area contributed by atoms with Crippen molar-refractivity contribution >= 4 is 59.6 Å². The molecule has 43 heavy (non-hydrogen) atoms. The number of hydrogen-bond acceptors (Lipinski definition) is 7. The smallest absolute Gasteiger partial charge is 0.282 e. The Bertz CT molecular complexity index is 2060. The van der Waals surface area contributed by atoms with Crippen molar-refractivity contribution in [2.75, 3.05) is 6.26 Å². The summed E-state index contributed by atoms with van der Waals surface area (Å²) >= 11 is 6.38. The van der Waals surface area contributed by atoms with E-state index in [1.54, 1.807) is 41.0 Å². The summed E-state index contributed by atoms with van der Waals surface area (Å²) in [4.78, 5) is 27.0. The van der Waals surface area contributed by atoms with E-state index in [2.05, 4.69) is 4.72 Å². The number of nitrogens with one attached hydrogen (secondary N) is 1. The molecule has 0 fully saturated rings. The van der Waals surface area contributed by atoms with Gasteiger partial charge < -0.3 is 10.3 Å². The molecule has 0 spiro atoms. The Kier molecular flexibility index (Phi) is 8.44. The number of hydrogen-bond donors (Lipinski definition) is 2. The van der Waals surface area contributed by atoms with Gasteiger partial charge in [0.2, 0.25) is 0 Å². The SMILES string of the molecule is CS(=O)(=O)Cc1cccc(S(=O)(=O)NC(=O)c2c(C3=CC=CCC3=O)c3cc(Cl)ccc3n2Cc2ccccc2CN)c1. The van der Waals surface area contributed by atoms with Crippen LogP contribution in [0.5, 0.6) is 0 Å². The molecule has 1 aromatic heterocycles. The molecule has 4 aromatic rings. The van der Waals surface area contributed by atoms with Gasteiger partial charge in [0.1, 0.15) is 5.69 Å². The van der Waals surface area contributed by atoms with E-state index in [1.165, 1.54) is 24.3 Å². The fourth-order valence-corrected chi connectivity index (χ4v) is 7.16. The van der Waals surface area contributed by atoms with Gasteiger partial charge in [-0.15, -0.1) is 0 Å². The van der Waals surface area contributed by atoms with E-state index in [9.17, 15) is 26.4 Å². The number of amides is 1. The first-order valence-electron chi connectivity index (χ1n) is 13.2. The predicted octanol–water partition coefficient (Wildman–Crippen LogP) is 4.38. The number of halogens is 1. The number of sulfonamides is 1. The minimum atomic E-state index is -4.47. The van der Waals surface area contributed by atoms with Crippen LogP contribution in [0.15, 0.2) is 89.9 Å². The highest BCUT2D eigenvalue weighted by Gasteiger charge is 2.31. The second-order valence-corrected chi connectivity index (χ2v) is 14.5. The number of carbonyl (C=O) groups is 2.